The first-order chi connectivity index (χ1) is 7.62. The van der Waals surface area contributed by atoms with Crippen molar-refractivity contribution in [1.29, 1.82) is 0 Å². The number of rotatable bonds is 7. The molecule has 1 amide bonds. The van der Waals surface area contributed by atoms with E-state index in [9.17, 15) is 4.79 Å². The second-order valence-corrected chi connectivity index (χ2v) is 3.79. The second kappa shape index (κ2) is 14.8. The zero-order chi connectivity index (χ0) is 12.8. The monoisotopic (exact) mass is 251 g/mol. The zero-order valence-corrected chi connectivity index (χ0v) is 11.8. The Morgan fingerprint density at radius 3 is 1.56 bits per heavy atom. The fourth-order valence-corrected chi connectivity index (χ4v) is 1.53. The smallest absolute Gasteiger partial charge is 0.332 e. The van der Waals surface area contributed by atoms with Crippen LogP contribution in [0.25, 0.3) is 0 Å². The number of hydrogen-bond acceptors (Lipinski definition) is 4. The predicted octanol–water partition coefficient (Wildman–Crippen LogP) is 1.67. The standard InChI is InChI=1S/C6H15O3P.C3H8BNO/c1-4-7-10(8-5-2)9-6-3;1-2-5-3(4)6/h4-6H2,1-3H3;2,4H2,1H3,(H,5,6). The van der Waals surface area contributed by atoms with Crippen LogP contribution in [-0.4, -0.2) is 40.0 Å². The first kappa shape index (κ1) is 18.2. The second-order valence-electron chi connectivity index (χ2n) is 2.56. The molecule has 0 aromatic carbocycles. The molecule has 16 heavy (non-hydrogen) atoms. The van der Waals surface area contributed by atoms with Crippen LogP contribution >= 0.6 is 8.60 Å². The fraction of sp³-hybridized carbons (Fsp3) is 0.889. The minimum atomic E-state index is -1.06. The molecule has 0 atom stereocenters. The van der Waals surface area contributed by atoms with Gasteiger partial charge in [-0.1, -0.05) is 0 Å². The Morgan fingerprint density at radius 2 is 1.44 bits per heavy atom. The molecular weight excluding hydrogens is 228 g/mol. The highest BCUT2D eigenvalue weighted by Gasteiger charge is 2.07. The van der Waals surface area contributed by atoms with Crippen molar-refractivity contribution in [2.24, 2.45) is 0 Å². The summed E-state index contributed by atoms with van der Waals surface area (Å²) in [7, 11) is 0.443. The summed E-state index contributed by atoms with van der Waals surface area (Å²) in [4.78, 5) is 9.93. The van der Waals surface area contributed by atoms with E-state index in [1.807, 2.05) is 27.7 Å². The molecule has 0 spiro atoms. The third-order valence-electron chi connectivity index (χ3n) is 1.13. The van der Waals surface area contributed by atoms with Gasteiger partial charge in [0.05, 0.1) is 19.8 Å². The van der Waals surface area contributed by atoms with Crippen molar-refractivity contribution < 1.29 is 18.4 Å². The van der Waals surface area contributed by atoms with Gasteiger partial charge in [-0.2, -0.15) is 0 Å². The Balaban J connectivity index is 0. The molecule has 7 heteroatoms. The molecule has 0 radical (unpaired) electrons. The molecule has 0 aliphatic heterocycles. The lowest BCUT2D eigenvalue weighted by Crippen LogP contribution is -2.20. The van der Waals surface area contributed by atoms with Crippen LogP contribution in [0.2, 0.25) is 0 Å². The highest BCUT2D eigenvalue weighted by Crippen LogP contribution is 2.38. The molecule has 0 rings (SSSR count). The number of amides is 1. The van der Waals surface area contributed by atoms with Crippen molar-refractivity contribution in [2.45, 2.75) is 27.7 Å². The third-order valence-corrected chi connectivity index (χ3v) is 2.54. The Bertz CT molecular complexity index is 148. The van der Waals surface area contributed by atoms with E-state index < -0.39 is 8.60 Å². The van der Waals surface area contributed by atoms with E-state index in [1.165, 1.54) is 7.85 Å². The molecule has 0 aromatic heterocycles. The zero-order valence-electron chi connectivity index (χ0n) is 10.9. The summed E-state index contributed by atoms with van der Waals surface area (Å²) in [6.45, 7) is 10.3. The normalized spacial score (nSPS) is 9.56. The number of nitrogens with one attached hydrogen (secondary N) is 1. The van der Waals surface area contributed by atoms with E-state index in [2.05, 4.69) is 5.32 Å². The SMILES string of the molecule is BC(=O)NCC.CCOP(OCC)OCC. The van der Waals surface area contributed by atoms with E-state index in [0.29, 0.717) is 19.8 Å². The first-order valence-corrected chi connectivity index (χ1v) is 6.65. The van der Waals surface area contributed by atoms with E-state index >= 15 is 0 Å². The lowest BCUT2D eigenvalue weighted by Gasteiger charge is -2.12. The summed E-state index contributed by atoms with van der Waals surface area (Å²) in [6.07, 6.45) is 0. The lowest BCUT2D eigenvalue weighted by atomic mass is 10.1. The molecular formula is C9H23BNO4P. The van der Waals surface area contributed by atoms with Crippen molar-refractivity contribution >= 4 is 22.3 Å². The van der Waals surface area contributed by atoms with Gasteiger partial charge in [-0.05, 0) is 27.7 Å². The molecule has 1 N–H and O–H groups in total. The van der Waals surface area contributed by atoms with E-state index in [4.69, 9.17) is 13.6 Å². The molecule has 0 saturated heterocycles. The predicted molar refractivity (Wildman–Crippen MR) is 69.4 cm³/mol. The maximum absolute atomic E-state index is 9.93. The molecule has 0 heterocycles. The summed E-state index contributed by atoms with van der Waals surface area (Å²) in [5.74, 6) is 0.0394. The van der Waals surface area contributed by atoms with Gasteiger partial charge in [0, 0.05) is 6.54 Å². The molecule has 0 saturated carbocycles. The number of carbonyl (C=O) groups excluding carboxylic acids is 1. The van der Waals surface area contributed by atoms with Gasteiger partial charge >= 0.3 is 8.60 Å². The number of carbonyl (C=O) groups is 1. The average molecular weight is 251 g/mol. The van der Waals surface area contributed by atoms with Gasteiger partial charge in [0.2, 0.25) is 7.85 Å². The van der Waals surface area contributed by atoms with Crippen LogP contribution in [-0.2, 0) is 13.6 Å². The Labute approximate surface area is 101 Å². The van der Waals surface area contributed by atoms with E-state index in [0.717, 1.165) is 6.54 Å². The van der Waals surface area contributed by atoms with E-state index in [1.54, 1.807) is 0 Å². The van der Waals surface area contributed by atoms with Crippen LogP contribution in [0.3, 0.4) is 0 Å². The summed E-state index contributed by atoms with van der Waals surface area (Å²) < 4.78 is 15.4. The van der Waals surface area contributed by atoms with Crippen LogP contribution in [0, 0.1) is 0 Å². The summed E-state index contributed by atoms with van der Waals surface area (Å²) in [5.41, 5.74) is 0. The summed E-state index contributed by atoms with van der Waals surface area (Å²) in [6, 6.07) is 0. The minimum Gasteiger partial charge on any atom is -0.366 e. The third kappa shape index (κ3) is 16.3. The Hall–Kier alpha value is -0.155. The van der Waals surface area contributed by atoms with Crippen LogP contribution in [0.5, 0.6) is 0 Å². The van der Waals surface area contributed by atoms with Gasteiger partial charge < -0.3 is 18.9 Å². The molecule has 0 bridgehead atoms. The molecule has 0 unspecified atom stereocenters. The molecule has 0 aromatic rings. The molecule has 96 valence electrons. The van der Waals surface area contributed by atoms with Crippen molar-refractivity contribution in [2.75, 3.05) is 26.4 Å². The largest absolute Gasteiger partial charge is 0.366 e. The van der Waals surface area contributed by atoms with Crippen molar-refractivity contribution in [3.05, 3.63) is 0 Å². The lowest BCUT2D eigenvalue weighted by molar-refractivity contribution is 0.176. The van der Waals surface area contributed by atoms with Crippen LogP contribution in [0.4, 0.5) is 4.79 Å². The van der Waals surface area contributed by atoms with Crippen molar-refractivity contribution in [3.63, 3.8) is 0 Å². The minimum absolute atomic E-state index is 0.0394. The Morgan fingerprint density at radius 1 is 1.06 bits per heavy atom. The van der Waals surface area contributed by atoms with Gasteiger partial charge in [-0.15, -0.1) is 0 Å². The van der Waals surface area contributed by atoms with E-state index in [-0.39, 0.29) is 5.81 Å². The Kier molecular flexibility index (Phi) is 16.9. The highest BCUT2D eigenvalue weighted by atomic mass is 31.2. The van der Waals surface area contributed by atoms with Crippen LogP contribution in [0.15, 0.2) is 0 Å². The quantitative estimate of drug-likeness (QED) is 0.552. The molecule has 0 fully saturated rings. The topological polar surface area (TPSA) is 56.8 Å². The van der Waals surface area contributed by atoms with Crippen molar-refractivity contribution in [1.82, 2.24) is 5.32 Å². The maximum Gasteiger partial charge on any atom is 0.332 e. The van der Waals surface area contributed by atoms with Gasteiger partial charge in [0.15, 0.2) is 5.81 Å². The highest BCUT2D eigenvalue weighted by molar-refractivity contribution is 7.41. The summed E-state index contributed by atoms with van der Waals surface area (Å²) >= 11 is 0. The molecule has 0 aliphatic rings. The van der Waals surface area contributed by atoms with Gasteiger partial charge in [-0.3, -0.25) is 4.79 Å². The van der Waals surface area contributed by atoms with Gasteiger partial charge in [0.25, 0.3) is 0 Å². The fourth-order valence-electron chi connectivity index (χ4n) is 0.677. The summed E-state index contributed by atoms with van der Waals surface area (Å²) in [5, 5.41) is 2.57. The van der Waals surface area contributed by atoms with Crippen LogP contribution < -0.4 is 5.32 Å². The molecule has 5 nitrogen and oxygen atoms in total. The maximum atomic E-state index is 9.93. The van der Waals surface area contributed by atoms with Crippen LogP contribution in [0.1, 0.15) is 27.7 Å². The average Bonchev–Trinajstić information content (AvgIpc) is 2.19. The number of hydrogen-bond donors (Lipinski definition) is 1. The molecule has 0 aliphatic carbocycles. The van der Waals surface area contributed by atoms with Gasteiger partial charge in [0.1, 0.15) is 0 Å². The van der Waals surface area contributed by atoms with Gasteiger partial charge in [-0.25, -0.2) is 0 Å². The van der Waals surface area contributed by atoms with Crippen molar-refractivity contribution in [3.8, 4) is 0 Å². The first-order valence-electron chi connectivity index (χ1n) is 5.55.